The number of nitrogens with zero attached hydrogens (tertiary/aromatic N) is 6. The summed E-state index contributed by atoms with van der Waals surface area (Å²) in [7, 11) is 3.90. The molecule has 3 heterocycles. The van der Waals surface area contributed by atoms with Gasteiger partial charge in [-0.15, -0.1) is 10.2 Å². The van der Waals surface area contributed by atoms with Gasteiger partial charge in [-0.25, -0.2) is 0 Å². The van der Waals surface area contributed by atoms with E-state index in [2.05, 4.69) is 34.0 Å². The van der Waals surface area contributed by atoms with E-state index in [0.717, 1.165) is 37.4 Å². The van der Waals surface area contributed by atoms with Crippen molar-refractivity contribution in [2.24, 2.45) is 14.1 Å². The Morgan fingerprint density at radius 2 is 2.09 bits per heavy atom. The monoisotopic (exact) mass is 318 g/mol. The lowest BCUT2D eigenvalue weighted by atomic mass is 9.89. The Bertz CT molecular complexity index is 691. The number of aliphatic hydroxyl groups is 1. The van der Waals surface area contributed by atoms with Crippen molar-refractivity contribution >= 4 is 0 Å². The molecule has 1 aliphatic heterocycles. The van der Waals surface area contributed by atoms with E-state index < -0.39 is 5.60 Å². The van der Waals surface area contributed by atoms with Gasteiger partial charge >= 0.3 is 0 Å². The first kappa shape index (κ1) is 16.1. The molecule has 0 saturated carbocycles. The molecule has 126 valence electrons. The highest BCUT2D eigenvalue weighted by Crippen LogP contribution is 2.26. The minimum Gasteiger partial charge on any atom is -0.388 e. The van der Waals surface area contributed by atoms with Gasteiger partial charge in [0, 0.05) is 44.9 Å². The normalized spacial score (nSPS) is 22.7. The molecule has 0 spiro atoms. The van der Waals surface area contributed by atoms with Gasteiger partial charge in [0.15, 0.2) is 0 Å². The van der Waals surface area contributed by atoms with Gasteiger partial charge in [-0.3, -0.25) is 9.58 Å². The molecule has 0 aromatic carbocycles. The first-order chi connectivity index (χ1) is 10.9. The summed E-state index contributed by atoms with van der Waals surface area (Å²) in [6.45, 7) is 6.66. The fourth-order valence-corrected chi connectivity index (χ4v) is 3.52. The van der Waals surface area contributed by atoms with E-state index in [1.54, 1.807) is 6.33 Å². The van der Waals surface area contributed by atoms with Crippen molar-refractivity contribution in [2.45, 2.75) is 45.3 Å². The van der Waals surface area contributed by atoms with Crippen molar-refractivity contribution in [1.29, 1.82) is 0 Å². The number of aromatic nitrogens is 5. The number of β-amino-alcohol motifs (C(OH)–C–C–N with tert-alkyl or cyclic N) is 1. The number of aryl methyl sites for hydroxylation is 3. The van der Waals surface area contributed by atoms with E-state index in [9.17, 15) is 5.11 Å². The zero-order valence-electron chi connectivity index (χ0n) is 14.5. The molecule has 2 aromatic heterocycles. The summed E-state index contributed by atoms with van der Waals surface area (Å²) >= 11 is 0. The molecular formula is C16H26N6O. The van der Waals surface area contributed by atoms with Crippen LogP contribution in [-0.2, 0) is 27.1 Å². The average Bonchev–Trinajstić information content (AvgIpc) is 2.97. The second-order valence-corrected chi connectivity index (χ2v) is 6.85. The quantitative estimate of drug-likeness (QED) is 0.900. The number of hydrogen-bond donors (Lipinski definition) is 1. The van der Waals surface area contributed by atoms with Crippen LogP contribution in [-0.4, -0.2) is 53.2 Å². The van der Waals surface area contributed by atoms with Crippen molar-refractivity contribution in [1.82, 2.24) is 29.4 Å². The van der Waals surface area contributed by atoms with E-state index in [0.29, 0.717) is 13.0 Å². The molecule has 23 heavy (non-hydrogen) atoms. The SMILES string of the molecule is Cc1nn(C)c(C)c1CN1CCCC(O)(Cc2nncn2C)C1. The van der Waals surface area contributed by atoms with Crippen LogP contribution in [0.5, 0.6) is 0 Å². The topological polar surface area (TPSA) is 72.0 Å². The van der Waals surface area contributed by atoms with Crippen LogP contribution in [0.3, 0.4) is 0 Å². The average molecular weight is 318 g/mol. The molecule has 0 amide bonds. The molecule has 1 N–H and O–H groups in total. The smallest absolute Gasteiger partial charge is 0.135 e. The minimum absolute atomic E-state index is 0.547. The lowest BCUT2D eigenvalue weighted by Crippen LogP contribution is -2.49. The second kappa shape index (κ2) is 6.05. The Kier molecular flexibility index (Phi) is 4.25. The summed E-state index contributed by atoms with van der Waals surface area (Å²) < 4.78 is 3.81. The van der Waals surface area contributed by atoms with E-state index in [1.807, 2.05) is 23.3 Å². The highest BCUT2D eigenvalue weighted by Gasteiger charge is 2.35. The van der Waals surface area contributed by atoms with Crippen molar-refractivity contribution in [3.05, 3.63) is 29.1 Å². The molecule has 1 fully saturated rings. The van der Waals surface area contributed by atoms with Crippen molar-refractivity contribution in [3.8, 4) is 0 Å². The van der Waals surface area contributed by atoms with Crippen LogP contribution in [0.15, 0.2) is 6.33 Å². The van der Waals surface area contributed by atoms with Crippen LogP contribution >= 0.6 is 0 Å². The third-order valence-corrected chi connectivity index (χ3v) is 4.97. The van der Waals surface area contributed by atoms with E-state index in [4.69, 9.17) is 0 Å². The maximum Gasteiger partial charge on any atom is 0.135 e. The van der Waals surface area contributed by atoms with E-state index in [1.165, 1.54) is 11.3 Å². The fraction of sp³-hybridized carbons (Fsp3) is 0.688. The van der Waals surface area contributed by atoms with Crippen LogP contribution in [0.4, 0.5) is 0 Å². The summed E-state index contributed by atoms with van der Waals surface area (Å²) in [6.07, 6.45) is 4.03. The maximum absolute atomic E-state index is 11.0. The van der Waals surface area contributed by atoms with Crippen LogP contribution in [0.2, 0.25) is 0 Å². The molecule has 0 radical (unpaired) electrons. The number of likely N-dealkylation sites (tertiary alicyclic amines) is 1. The van der Waals surface area contributed by atoms with Gasteiger partial charge < -0.3 is 9.67 Å². The highest BCUT2D eigenvalue weighted by atomic mass is 16.3. The first-order valence-corrected chi connectivity index (χ1v) is 8.15. The molecule has 7 nitrogen and oxygen atoms in total. The Labute approximate surface area is 136 Å². The van der Waals surface area contributed by atoms with Gasteiger partial charge in [0.1, 0.15) is 12.2 Å². The molecular weight excluding hydrogens is 292 g/mol. The first-order valence-electron chi connectivity index (χ1n) is 8.15. The molecule has 7 heteroatoms. The van der Waals surface area contributed by atoms with Crippen LogP contribution in [0.25, 0.3) is 0 Å². The molecule has 1 unspecified atom stereocenters. The van der Waals surface area contributed by atoms with Gasteiger partial charge in [-0.2, -0.15) is 5.10 Å². The maximum atomic E-state index is 11.0. The van der Waals surface area contributed by atoms with Crippen LogP contribution in [0.1, 0.15) is 35.6 Å². The van der Waals surface area contributed by atoms with Gasteiger partial charge in [-0.05, 0) is 33.2 Å². The predicted octanol–water partition coefficient (Wildman–Crippen LogP) is 0.735. The Hall–Kier alpha value is -1.73. The van der Waals surface area contributed by atoms with E-state index in [-0.39, 0.29) is 0 Å². The Morgan fingerprint density at radius 3 is 2.70 bits per heavy atom. The lowest BCUT2D eigenvalue weighted by molar-refractivity contribution is -0.0345. The van der Waals surface area contributed by atoms with Crippen LogP contribution in [0, 0.1) is 13.8 Å². The third-order valence-electron chi connectivity index (χ3n) is 4.97. The zero-order chi connectivity index (χ0) is 16.6. The molecule has 3 rings (SSSR count). The largest absolute Gasteiger partial charge is 0.388 e. The van der Waals surface area contributed by atoms with Gasteiger partial charge in [-0.1, -0.05) is 0 Å². The van der Waals surface area contributed by atoms with Crippen LogP contribution < -0.4 is 0 Å². The summed E-state index contributed by atoms with van der Waals surface area (Å²) in [5.74, 6) is 0.836. The predicted molar refractivity (Wildman–Crippen MR) is 86.8 cm³/mol. The Balaban J connectivity index is 1.71. The standard InChI is InChI=1S/C16H26N6O/c1-12-14(13(2)21(4)19-12)9-22-7-5-6-16(23,10-22)8-15-18-17-11-20(15)3/h11,23H,5-10H2,1-4H3. The van der Waals surface area contributed by atoms with Crippen molar-refractivity contribution in [3.63, 3.8) is 0 Å². The Morgan fingerprint density at radius 1 is 1.30 bits per heavy atom. The number of hydrogen-bond acceptors (Lipinski definition) is 5. The molecule has 0 bridgehead atoms. The summed E-state index contributed by atoms with van der Waals surface area (Å²) in [4.78, 5) is 2.33. The van der Waals surface area contributed by atoms with Crippen molar-refractivity contribution < 1.29 is 5.11 Å². The summed E-state index contributed by atoms with van der Waals surface area (Å²) in [6, 6.07) is 0. The highest BCUT2D eigenvalue weighted by molar-refractivity contribution is 5.24. The molecule has 1 saturated heterocycles. The van der Waals surface area contributed by atoms with E-state index >= 15 is 0 Å². The summed E-state index contributed by atoms with van der Waals surface area (Å²) in [5.41, 5.74) is 2.82. The molecule has 2 aromatic rings. The molecule has 1 aliphatic rings. The third kappa shape index (κ3) is 3.30. The zero-order valence-corrected chi connectivity index (χ0v) is 14.5. The van der Waals surface area contributed by atoms with Gasteiger partial charge in [0.05, 0.1) is 11.3 Å². The lowest BCUT2D eigenvalue weighted by Gasteiger charge is -2.39. The fourth-order valence-electron chi connectivity index (χ4n) is 3.52. The van der Waals surface area contributed by atoms with Crippen molar-refractivity contribution in [2.75, 3.05) is 13.1 Å². The minimum atomic E-state index is -0.733. The van der Waals surface area contributed by atoms with Gasteiger partial charge in [0.25, 0.3) is 0 Å². The summed E-state index contributed by atoms with van der Waals surface area (Å²) in [5, 5.41) is 23.5. The number of rotatable bonds is 4. The molecule has 0 aliphatic carbocycles. The van der Waals surface area contributed by atoms with Gasteiger partial charge in [0.2, 0.25) is 0 Å². The molecule has 1 atom stereocenters. The second-order valence-electron chi connectivity index (χ2n) is 6.85. The number of piperidine rings is 1.